The highest BCUT2D eigenvalue weighted by Gasteiger charge is 2.11. The van der Waals surface area contributed by atoms with Crippen LogP contribution in [0.4, 0.5) is 10.1 Å². The normalized spacial score (nSPS) is 10.8. The van der Waals surface area contributed by atoms with Crippen LogP contribution in [0.3, 0.4) is 0 Å². The number of hydrogen-bond donors (Lipinski definition) is 2. The second kappa shape index (κ2) is 4.81. The molecule has 0 bridgehead atoms. The molecule has 3 N–H and O–H groups in total. The number of pyridine rings is 1. The average Bonchev–Trinajstić information content (AvgIpc) is 2.70. The standard InChI is InChI=1S/C12H13FN2OS/c1-2-10-9(14)4-11(17-10)8-5-15-12(13)3-7(8)6-16/h3-5,16H,2,6,14H2,1H3. The van der Waals surface area contributed by atoms with Crippen LogP contribution in [-0.4, -0.2) is 10.1 Å². The van der Waals surface area contributed by atoms with Crippen molar-refractivity contribution in [3.8, 4) is 10.4 Å². The number of hydrogen-bond acceptors (Lipinski definition) is 4. The van der Waals surface area contributed by atoms with Crippen LogP contribution in [0, 0.1) is 5.95 Å². The molecule has 2 aromatic rings. The Hall–Kier alpha value is -1.46. The van der Waals surface area contributed by atoms with Gasteiger partial charge in [0.15, 0.2) is 0 Å². The molecular weight excluding hydrogens is 239 g/mol. The monoisotopic (exact) mass is 252 g/mol. The summed E-state index contributed by atoms with van der Waals surface area (Å²) in [6.07, 6.45) is 2.30. The van der Waals surface area contributed by atoms with Gasteiger partial charge >= 0.3 is 0 Å². The average molecular weight is 252 g/mol. The van der Waals surface area contributed by atoms with Crippen LogP contribution in [0.25, 0.3) is 10.4 Å². The van der Waals surface area contributed by atoms with Gasteiger partial charge in [0.05, 0.1) is 6.61 Å². The van der Waals surface area contributed by atoms with E-state index in [-0.39, 0.29) is 6.61 Å². The molecule has 0 saturated carbocycles. The van der Waals surface area contributed by atoms with Crippen molar-refractivity contribution in [3.05, 3.63) is 34.7 Å². The molecule has 2 rings (SSSR count). The lowest BCUT2D eigenvalue weighted by atomic mass is 10.1. The highest BCUT2D eigenvalue weighted by molar-refractivity contribution is 7.16. The molecule has 0 fully saturated rings. The van der Waals surface area contributed by atoms with Gasteiger partial charge in [0.25, 0.3) is 0 Å². The van der Waals surface area contributed by atoms with Crippen molar-refractivity contribution in [1.82, 2.24) is 4.98 Å². The van der Waals surface area contributed by atoms with Crippen molar-refractivity contribution < 1.29 is 9.50 Å². The number of aryl methyl sites for hydroxylation is 1. The number of nitrogen functional groups attached to an aromatic ring is 1. The number of nitrogens with zero attached hydrogens (tertiary/aromatic N) is 1. The van der Waals surface area contributed by atoms with Crippen molar-refractivity contribution in [2.45, 2.75) is 20.0 Å². The van der Waals surface area contributed by atoms with E-state index in [1.165, 1.54) is 12.3 Å². The third kappa shape index (κ3) is 2.30. The SMILES string of the molecule is CCc1sc(-c2cnc(F)cc2CO)cc1N. The second-order valence-corrected chi connectivity index (χ2v) is 4.80. The van der Waals surface area contributed by atoms with E-state index in [2.05, 4.69) is 4.98 Å². The summed E-state index contributed by atoms with van der Waals surface area (Å²) in [6, 6.07) is 3.09. The van der Waals surface area contributed by atoms with Crippen molar-refractivity contribution >= 4 is 17.0 Å². The van der Waals surface area contributed by atoms with Crippen molar-refractivity contribution in [2.24, 2.45) is 0 Å². The second-order valence-electron chi connectivity index (χ2n) is 3.67. The summed E-state index contributed by atoms with van der Waals surface area (Å²) in [6.45, 7) is 1.82. The fraction of sp³-hybridized carbons (Fsp3) is 0.250. The van der Waals surface area contributed by atoms with E-state index in [0.29, 0.717) is 5.56 Å². The van der Waals surface area contributed by atoms with Crippen molar-refractivity contribution in [1.29, 1.82) is 0 Å². The van der Waals surface area contributed by atoms with Crippen LogP contribution in [0.2, 0.25) is 0 Å². The summed E-state index contributed by atoms with van der Waals surface area (Å²) in [5.41, 5.74) is 7.87. The summed E-state index contributed by atoms with van der Waals surface area (Å²) in [4.78, 5) is 5.62. The van der Waals surface area contributed by atoms with E-state index in [9.17, 15) is 9.50 Å². The van der Waals surface area contributed by atoms with Gasteiger partial charge in [-0.15, -0.1) is 11.3 Å². The predicted molar refractivity (Wildman–Crippen MR) is 67.2 cm³/mol. The topological polar surface area (TPSA) is 59.1 Å². The van der Waals surface area contributed by atoms with Gasteiger partial charge in [-0.1, -0.05) is 6.92 Å². The first-order valence-electron chi connectivity index (χ1n) is 5.29. The fourth-order valence-corrected chi connectivity index (χ4v) is 2.74. The highest BCUT2D eigenvalue weighted by atomic mass is 32.1. The van der Waals surface area contributed by atoms with Gasteiger partial charge in [0, 0.05) is 27.2 Å². The fourth-order valence-electron chi connectivity index (χ4n) is 1.67. The minimum Gasteiger partial charge on any atom is -0.398 e. The van der Waals surface area contributed by atoms with Crippen LogP contribution in [0.1, 0.15) is 17.4 Å². The first kappa shape index (κ1) is 12.0. The van der Waals surface area contributed by atoms with Crippen LogP contribution < -0.4 is 5.73 Å². The molecule has 0 atom stereocenters. The van der Waals surface area contributed by atoms with E-state index in [1.807, 2.05) is 13.0 Å². The minimum absolute atomic E-state index is 0.214. The Balaban J connectivity index is 2.51. The molecule has 0 spiro atoms. The number of halogens is 1. The number of aliphatic hydroxyl groups excluding tert-OH is 1. The summed E-state index contributed by atoms with van der Waals surface area (Å²) in [7, 11) is 0. The number of rotatable bonds is 3. The molecule has 0 amide bonds. The summed E-state index contributed by atoms with van der Waals surface area (Å²) < 4.78 is 13.0. The Labute approximate surface area is 103 Å². The molecule has 2 aromatic heterocycles. The van der Waals surface area contributed by atoms with E-state index >= 15 is 0 Å². The zero-order valence-corrected chi connectivity index (χ0v) is 10.2. The number of aromatic nitrogens is 1. The molecule has 0 unspecified atom stereocenters. The lowest BCUT2D eigenvalue weighted by Crippen LogP contribution is -1.92. The molecule has 0 aliphatic heterocycles. The smallest absolute Gasteiger partial charge is 0.213 e. The number of aliphatic hydroxyl groups is 1. The van der Waals surface area contributed by atoms with E-state index in [1.54, 1.807) is 11.3 Å². The predicted octanol–water partition coefficient (Wildman–Crippen LogP) is 2.59. The third-order valence-corrected chi connectivity index (χ3v) is 3.88. The van der Waals surface area contributed by atoms with E-state index in [0.717, 1.165) is 27.4 Å². The zero-order chi connectivity index (χ0) is 12.4. The van der Waals surface area contributed by atoms with Gasteiger partial charge < -0.3 is 10.8 Å². The molecule has 0 aliphatic carbocycles. The highest BCUT2D eigenvalue weighted by Crippen LogP contribution is 2.35. The Bertz CT molecular complexity index is 539. The molecule has 0 aliphatic rings. The van der Waals surface area contributed by atoms with Crippen LogP contribution in [0.15, 0.2) is 18.3 Å². The van der Waals surface area contributed by atoms with Gasteiger partial charge in [-0.05, 0) is 24.1 Å². The van der Waals surface area contributed by atoms with Crippen LogP contribution in [-0.2, 0) is 13.0 Å². The largest absolute Gasteiger partial charge is 0.398 e. The first-order valence-corrected chi connectivity index (χ1v) is 6.11. The molecule has 0 radical (unpaired) electrons. The maximum atomic E-state index is 13.0. The van der Waals surface area contributed by atoms with Crippen LogP contribution in [0.5, 0.6) is 0 Å². The molecule has 17 heavy (non-hydrogen) atoms. The zero-order valence-electron chi connectivity index (χ0n) is 9.40. The van der Waals surface area contributed by atoms with Crippen molar-refractivity contribution in [3.63, 3.8) is 0 Å². The lowest BCUT2D eigenvalue weighted by molar-refractivity contribution is 0.281. The van der Waals surface area contributed by atoms with Gasteiger partial charge in [-0.25, -0.2) is 4.98 Å². The minimum atomic E-state index is -0.585. The maximum absolute atomic E-state index is 13.0. The van der Waals surface area contributed by atoms with Crippen molar-refractivity contribution in [2.75, 3.05) is 5.73 Å². The Morgan fingerprint density at radius 3 is 2.82 bits per heavy atom. The van der Waals surface area contributed by atoms with Crippen LogP contribution >= 0.6 is 11.3 Å². The molecule has 90 valence electrons. The van der Waals surface area contributed by atoms with Gasteiger partial charge in [-0.2, -0.15) is 4.39 Å². The van der Waals surface area contributed by atoms with E-state index < -0.39 is 5.95 Å². The first-order chi connectivity index (χ1) is 8.15. The molecule has 5 heteroatoms. The molecule has 2 heterocycles. The summed E-state index contributed by atoms with van der Waals surface area (Å²) in [5, 5.41) is 9.22. The summed E-state index contributed by atoms with van der Waals surface area (Å²) in [5.74, 6) is -0.585. The maximum Gasteiger partial charge on any atom is 0.213 e. The number of thiophene rings is 1. The van der Waals surface area contributed by atoms with E-state index in [4.69, 9.17) is 5.73 Å². The van der Waals surface area contributed by atoms with Gasteiger partial charge in [0.1, 0.15) is 0 Å². The molecule has 3 nitrogen and oxygen atoms in total. The van der Waals surface area contributed by atoms with Gasteiger partial charge in [-0.3, -0.25) is 0 Å². The Morgan fingerprint density at radius 1 is 1.47 bits per heavy atom. The van der Waals surface area contributed by atoms with Gasteiger partial charge in [0.2, 0.25) is 5.95 Å². The molecule has 0 aromatic carbocycles. The molecule has 0 saturated heterocycles. The number of nitrogens with two attached hydrogens (primary N) is 1. The third-order valence-electron chi connectivity index (χ3n) is 2.55. The Kier molecular flexibility index (Phi) is 3.40. The number of anilines is 1. The molecular formula is C12H13FN2OS. The quantitative estimate of drug-likeness (QED) is 0.825. The lowest BCUT2D eigenvalue weighted by Gasteiger charge is -2.03. The summed E-state index contributed by atoms with van der Waals surface area (Å²) >= 11 is 1.55. The Morgan fingerprint density at radius 2 is 2.24 bits per heavy atom.